The molecule has 2 N–H and O–H groups in total. The first-order valence-electron chi connectivity index (χ1n) is 7.34. The number of allylic oxidation sites excluding steroid dienone is 4. The molecule has 0 aromatic rings. The topological polar surface area (TPSA) is 41.1 Å². The fourth-order valence-corrected chi connectivity index (χ4v) is 1.04. The Labute approximate surface area is 126 Å². The van der Waals surface area contributed by atoms with Crippen LogP contribution in [0.1, 0.15) is 41.0 Å². The van der Waals surface area contributed by atoms with Crippen molar-refractivity contribution in [3.05, 3.63) is 37.0 Å². The van der Waals surface area contributed by atoms with E-state index in [9.17, 15) is 4.79 Å². The summed E-state index contributed by atoms with van der Waals surface area (Å²) >= 11 is 0. The first-order valence-corrected chi connectivity index (χ1v) is 7.34. The summed E-state index contributed by atoms with van der Waals surface area (Å²) in [5.74, 6) is 0.734. The molecule has 0 saturated carbocycles. The molecule has 0 saturated heterocycles. The number of carbonyl (C=O) groups is 1. The Morgan fingerprint density at radius 2 is 1.70 bits per heavy atom. The van der Waals surface area contributed by atoms with E-state index >= 15 is 0 Å². The lowest BCUT2D eigenvalue weighted by Gasteiger charge is -2.05. The molecular formula is C17H34N2O. The SMILES string of the molecule is C=CC(C=C)=CC.CC.CNCC(=O)NCCC(C)C. The summed E-state index contributed by atoms with van der Waals surface area (Å²) in [7, 11) is 1.77. The van der Waals surface area contributed by atoms with Crippen LogP contribution < -0.4 is 10.6 Å². The molecule has 0 rings (SSSR count). The molecule has 3 nitrogen and oxygen atoms in total. The van der Waals surface area contributed by atoms with Crippen molar-refractivity contribution in [3.63, 3.8) is 0 Å². The van der Waals surface area contributed by atoms with Gasteiger partial charge in [0.05, 0.1) is 6.54 Å². The maximum Gasteiger partial charge on any atom is 0.233 e. The molecule has 0 aromatic heterocycles. The standard InChI is InChI=1S/C8H18N2O.C7H10.C2H6/c1-7(2)4-5-10-8(11)6-9-3;1-4-7(5-2)6-3;1-2/h7,9H,4-6H2,1-3H3,(H,10,11);4-6H,1-2H2,3H3;1-2H3. The molecule has 0 radical (unpaired) electrons. The van der Waals surface area contributed by atoms with Crippen molar-refractivity contribution in [2.75, 3.05) is 20.1 Å². The van der Waals surface area contributed by atoms with Gasteiger partial charge in [-0.25, -0.2) is 0 Å². The second kappa shape index (κ2) is 20.0. The lowest BCUT2D eigenvalue weighted by atomic mass is 10.1. The minimum atomic E-state index is 0.0770. The van der Waals surface area contributed by atoms with Crippen LogP contribution in [0.5, 0.6) is 0 Å². The molecular weight excluding hydrogens is 248 g/mol. The van der Waals surface area contributed by atoms with Gasteiger partial charge in [-0.3, -0.25) is 4.79 Å². The lowest BCUT2D eigenvalue weighted by Crippen LogP contribution is -2.33. The normalized spacial score (nSPS) is 8.35. The van der Waals surface area contributed by atoms with E-state index < -0.39 is 0 Å². The second-order valence-electron chi connectivity index (χ2n) is 4.26. The third-order valence-corrected chi connectivity index (χ3v) is 2.19. The Hall–Kier alpha value is -1.35. The van der Waals surface area contributed by atoms with Crippen LogP contribution >= 0.6 is 0 Å². The highest BCUT2D eigenvalue weighted by Gasteiger charge is 1.98. The van der Waals surface area contributed by atoms with Gasteiger partial charge in [0.25, 0.3) is 0 Å². The van der Waals surface area contributed by atoms with Crippen LogP contribution in [0.3, 0.4) is 0 Å². The molecule has 0 aliphatic heterocycles. The molecule has 0 atom stereocenters. The summed E-state index contributed by atoms with van der Waals surface area (Å²) in [6.45, 7) is 18.6. The fourth-order valence-electron chi connectivity index (χ4n) is 1.04. The molecule has 0 spiro atoms. The Kier molecular flexibility index (Phi) is 23.7. The highest BCUT2D eigenvalue weighted by molar-refractivity contribution is 5.77. The van der Waals surface area contributed by atoms with Crippen LogP contribution in [-0.4, -0.2) is 26.0 Å². The van der Waals surface area contributed by atoms with E-state index in [1.54, 1.807) is 19.2 Å². The van der Waals surface area contributed by atoms with Crippen LogP contribution in [-0.2, 0) is 4.79 Å². The van der Waals surface area contributed by atoms with Crippen LogP contribution in [0, 0.1) is 5.92 Å². The Morgan fingerprint density at radius 1 is 1.20 bits per heavy atom. The van der Waals surface area contributed by atoms with Gasteiger partial charge in [-0.05, 0) is 31.9 Å². The maximum atomic E-state index is 10.9. The summed E-state index contributed by atoms with van der Waals surface area (Å²) < 4.78 is 0. The van der Waals surface area contributed by atoms with Crippen molar-refractivity contribution in [2.24, 2.45) is 5.92 Å². The van der Waals surface area contributed by atoms with Crippen molar-refractivity contribution >= 4 is 5.91 Å². The quantitative estimate of drug-likeness (QED) is 0.699. The highest BCUT2D eigenvalue weighted by Crippen LogP contribution is 1.95. The van der Waals surface area contributed by atoms with Gasteiger partial charge in [-0.1, -0.05) is 59.1 Å². The molecule has 118 valence electrons. The predicted octanol–water partition coefficient (Wildman–Crippen LogP) is 3.70. The van der Waals surface area contributed by atoms with Crippen molar-refractivity contribution in [1.29, 1.82) is 0 Å². The largest absolute Gasteiger partial charge is 0.355 e. The third-order valence-electron chi connectivity index (χ3n) is 2.19. The number of nitrogens with one attached hydrogen (secondary N) is 2. The van der Waals surface area contributed by atoms with E-state index in [1.807, 2.05) is 26.8 Å². The summed E-state index contributed by atoms with van der Waals surface area (Å²) in [5, 5.41) is 5.61. The smallest absolute Gasteiger partial charge is 0.233 e. The third kappa shape index (κ3) is 21.9. The van der Waals surface area contributed by atoms with Gasteiger partial charge in [-0.15, -0.1) is 0 Å². The van der Waals surface area contributed by atoms with E-state index in [4.69, 9.17) is 0 Å². The van der Waals surface area contributed by atoms with Crippen molar-refractivity contribution in [2.45, 2.75) is 41.0 Å². The van der Waals surface area contributed by atoms with E-state index in [0.717, 1.165) is 18.5 Å². The number of rotatable bonds is 7. The van der Waals surface area contributed by atoms with Crippen LogP contribution in [0.4, 0.5) is 0 Å². The van der Waals surface area contributed by atoms with Gasteiger partial charge in [0, 0.05) is 6.54 Å². The summed E-state index contributed by atoms with van der Waals surface area (Å²) in [6, 6.07) is 0. The number of carbonyl (C=O) groups excluding carboxylic acids is 1. The van der Waals surface area contributed by atoms with Crippen LogP contribution in [0.15, 0.2) is 37.0 Å². The molecule has 0 fully saturated rings. The maximum absolute atomic E-state index is 10.9. The van der Waals surface area contributed by atoms with Crippen molar-refractivity contribution in [3.8, 4) is 0 Å². The summed E-state index contributed by atoms with van der Waals surface area (Å²) in [4.78, 5) is 10.9. The molecule has 0 heterocycles. The monoisotopic (exact) mass is 282 g/mol. The van der Waals surface area contributed by atoms with E-state index in [0.29, 0.717) is 12.5 Å². The van der Waals surface area contributed by atoms with Crippen LogP contribution in [0.2, 0.25) is 0 Å². The Balaban J connectivity index is -0.000000277. The van der Waals surface area contributed by atoms with Gasteiger partial charge in [0.15, 0.2) is 0 Å². The average Bonchev–Trinajstić information content (AvgIpc) is 2.43. The van der Waals surface area contributed by atoms with Crippen molar-refractivity contribution < 1.29 is 4.79 Å². The first-order chi connectivity index (χ1) is 9.51. The molecule has 3 heteroatoms. The van der Waals surface area contributed by atoms with Crippen LogP contribution in [0.25, 0.3) is 0 Å². The lowest BCUT2D eigenvalue weighted by molar-refractivity contribution is -0.120. The first kappa shape index (κ1) is 23.7. The molecule has 0 aliphatic carbocycles. The molecule has 0 aromatic carbocycles. The zero-order valence-electron chi connectivity index (χ0n) is 14.3. The van der Waals surface area contributed by atoms with Gasteiger partial charge in [-0.2, -0.15) is 0 Å². The molecule has 0 aliphatic rings. The van der Waals surface area contributed by atoms with Gasteiger partial charge in [0.1, 0.15) is 0 Å². The second-order valence-corrected chi connectivity index (χ2v) is 4.26. The van der Waals surface area contributed by atoms with Gasteiger partial charge < -0.3 is 10.6 Å². The fraction of sp³-hybridized carbons (Fsp3) is 0.588. The number of hydrogen-bond donors (Lipinski definition) is 2. The van der Waals surface area contributed by atoms with E-state index in [-0.39, 0.29) is 5.91 Å². The zero-order valence-corrected chi connectivity index (χ0v) is 14.3. The van der Waals surface area contributed by atoms with E-state index in [2.05, 4.69) is 37.6 Å². The number of hydrogen-bond acceptors (Lipinski definition) is 2. The minimum absolute atomic E-state index is 0.0770. The van der Waals surface area contributed by atoms with Crippen molar-refractivity contribution in [1.82, 2.24) is 10.6 Å². The number of amides is 1. The molecule has 0 bridgehead atoms. The van der Waals surface area contributed by atoms with Gasteiger partial charge >= 0.3 is 0 Å². The molecule has 1 amide bonds. The molecule has 20 heavy (non-hydrogen) atoms. The van der Waals surface area contributed by atoms with E-state index in [1.165, 1.54) is 0 Å². The number of likely N-dealkylation sites (N-methyl/N-ethyl adjacent to an activating group) is 1. The van der Waals surface area contributed by atoms with Gasteiger partial charge in [0.2, 0.25) is 5.91 Å². The Bertz CT molecular complexity index is 258. The zero-order chi connectivity index (χ0) is 16.4. The summed E-state index contributed by atoms with van der Waals surface area (Å²) in [6.07, 6.45) is 6.55. The average molecular weight is 282 g/mol. The minimum Gasteiger partial charge on any atom is -0.355 e. The molecule has 0 unspecified atom stereocenters. The Morgan fingerprint density at radius 3 is 1.95 bits per heavy atom. The predicted molar refractivity (Wildman–Crippen MR) is 91.9 cm³/mol. The summed E-state index contributed by atoms with van der Waals surface area (Å²) in [5.41, 5.74) is 1.08. The highest BCUT2D eigenvalue weighted by atomic mass is 16.1.